The molecule has 0 amide bonds. The molecule has 6 heteroatoms. The van der Waals surface area contributed by atoms with Crippen LogP contribution >= 0.6 is 0 Å². The first kappa shape index (κ1) is 19.8. The highest BCUT2D eigenvalue weighted by Gasteiger charge is 2.26. The number of hydrogen-bond donors (Lipinski definition) is 1. The first-order valence-corrected chi connectivity index (χ1v) is 8.73. The standard InChI is InChI=1S/C19H28F2N2O2/c1-15(2)7-9-23-11-10-22(14-17(23)8-12-24)13-16-5-3-4-6-18(16)25-19(20)21/h3-7,17,19,24H,8-14H2,1-2H3. The van der Waals surface area contributed by atoms with Crippen LogP contribution in [0.1, 0.15) is 25.8 Å². The minimum Gasteiger partial charge on any atom is -0.434 e. The van der Waals surface area contributed by atoms with Gasteiger partial charge in [-0.15, -0.1) is 0 Å². The van der Waals surface area contributed by atoms with Gasteiger partial charge < -0.3 is 9.84 Å². The third-order valence-electron chi connectivity index (χ3n) is 4.47. The fourth-order valence-corrected chi connectivity index (χ4v) is 3.15. The SMILES string of the molecule is CC(C)=CCN1CCN(Cc2ccccc2OC(F)F)CC1CCO. The van der Waals surface area contributed by atoms with Gasteiger partial charge in [-0.05, 0) is 26.3 Å². The Balaban J connectivity index is 2.01. The van der Waals surface area contributed by atoms with Crippen LogP contribution in [0.2, 0.25) is 0 Å². The van der Waals surface area contributed by atoms with Gasteiger partial charge >= 0.3 is 6.61 Å². The van der Waals surface area contributed by atoms with Gasteiger partial charge in [-0.2, -0.15) is 8.78 Å². The average Bonchev–Trinajstić information content (AvgIpc) is 2.55. The van der Waals surface area contributed by atoms with Crippen molar-refractivity contribution in [3.05, 3.63) is 41.5 Å². The summed E-state index contributed by atoms with van der Waals surface area (Å²) in [5, 5.41) is 9.37. The van der Waals surface area contributed by atoms with Crippen LogP contribution in [0.3, 0.4) is 0 Å². The Kier molecular flexibility index (Phi) is 7.81. The predicted octanol–water partition coefficient (Wildman–Crippen LogP) is 3.12. The number of alkyl halides is 2. The Hall–Kier alpha value is -1.50. The molecule has 0 radical (unpaired) electrons. The third kappa shape index (κ3) is 6.38. The van der Waals surface area contributed by atoms with Crippen LogP contribution in [0.5, 0.6) is 5.75 Å². The van der Waals surface area contributed by atoms with Crippen molar-refractivity contribution in [2.75, 3.05) is 32.8 Å². The normalized spacial score (nSPS) is 19.2. The molecule has 1 N–H and O–H groups in total. The van der Waals surface area contributed by atoms with Gasteiger partial charge in [0.15, 0.2) is 0 Å². The Morgan fingerprint density at radius 1 is 1.32 bits per heavy atom. The van der Waals surface area contributed by atoms with Crippen LogP contribution in [0.15, 0.2) is 35.9 Å². The lowest BCUT2D eigenvalue weighted by molar-refractivity contribution is -0.0510. The number of benzene rings is 1. The van der Waals surface area contributed by atoms with Crippen LogP contribution in [-0.2, 0) is 6.54 Å². The fraction of sp³-hybridized carbons (Fsp3) is 0.579. The van der Waals surface area contributed by atoms with E-state index in [4.69, 9.17) is 0 Å². The molecule has 0 saturated carbocycles. The zero-order valence-electron chi connectivity index (χ0n) is 15.0. The molecule has 1 heterocycles. The molecular weight excluding hydrogens is 326 g/mol. The zero-order chi connectivity index (χ0) is 18.2. The van der Waals surface area contributed by atoms with E-state index in [9.17, 15) is 13.9 Å². The maximum atomic E-state index is 12.6. The van der Waals surface area contributed by atoms with Crippen molar-refractivity contribution in [2.45, 2.75) is 39.5 Å². The summed E-state index contributed by atoms with van der Waals surface area (Å²) in [5.74, 6) is 0.239. The molecule has 0 bridgehead atoms. The van der Waals surface area contributed by atoms with Crippen LogP contribution in [0.25, 0.3) is 0 Å². The fourth-order valence-electron chi connectivity index (χ4n) is 3.15. The second kappa shape index (κ2) is 9.85. The molecule has 1 atom stereocenters. The van der Waals surface area contributed by atoms with Crippen molar-refractivity contribution in [2.24, 2.45) is 0 Å². The van der Waals surface area contributed by atoms with E-state index >= 15 is 0 Å². The molecule has 0 spiro atoms. The van der Waals surface area contributed by atoms with Gasteiger partial charge in [0, 0.05) is 50.9 Å². The number of allylic oxidation sites excluding steroid dienone is 1. The largest absolute Gasteiger partial charge is 0.434 e. The maximum absolute atomic E-state index is 12.6. The summed E-state index contributed by atoms with van der Waals surface area (Å²) in [5.41, 5.74) is 2.05. The zero-order valence-corrected chi connectivity index (χ0v) is 15.0. The third-order valence-corrected chi connectivity index (χ3v) is 4.47. The molecule has 1 aromatic rings. The van der Waals surface area contributed by atoms with Gasteiger partial charge in [0.25, 0.3) is 0 Å². The first-order chi connectivity index (χ1) is 12.0. The summed E-state index contributed by atoms with van der Waals surface area (Å²) in [6, 6.07) is 7.21. The molecule has 25 heavy (non-hydrogen) atoms. The Morgan fingerprint density at radius 2 is 2.08 bits per heavy atom. The highest BCUT2D eigenvalue weighted by atomic mass is 19.3. The summed E-state index contributed by atoms with van der Waals surface area (Å²) >= 11 is 0. The molecule has 1 aliphatic heterocycles. The van der Waals surface area contributed by atoms with Crippen molar-refractivity contribution in [3.8, 4) is 5.75 Å². The van der Waals surface area contributed by atoms with E-state index in [0.29, 0.717) is 13.0 Å². The number of halogens is 2. The molecule has 1 aromatic carbocycles. The number of ether oxygens (including phenoxy) is 1. The van der Waals surface area contributed by atoms with Gasteiger partial charge in [-0.3, -0.25) is 9.80 Å². The van der Waals surface area contributed by atoms with Crippen LogP contribution in [0, 0.1) is 0 Å². The highest BCUT2D eigenvalue weighted by Crippen LogP contribution is 2.23. The van der Waals surface area contributed by atoms with Gasteiger partial charge in [0.05, 0.1) is 0 Å². The van der Waals surface area contributed by atoms with Crippen molar-refractivity contribution < 1.29 is 18.6 Å². The minimum atomic E-state index is -2.82. The van der Waals surface area contributed by atoms with Crippen molar-refractivity contribution in [1.82, 2.24) is 9.80 Å². The number of piperazine rings is 1. The molecule has 1 saturated heterocycles. The van der Waals surface area contributed by atoms with Gasteiger partial charge in [-0.25, -0.2) is 0 Å². The summed E-state index contributed by atoms with van der Waals surface area (Å²) in [4.78, 5) is 4.62. The van der Waals surface area contributed by atoms with E-state index in [1.165, 1.54) is 5.57 Å². The van der Waals surface area contributed by atoms with Crippen molar-refractivity contribution in [1.29, 1.82) is 0 Å². The summed E-state index contributed by atoms with van der Waals surface area (Å²) in [6.45, 7) is 5.51. The first-order valence-electron chi connectivity index (χ1n) is 8.73. The van der Waals surface area contributed by atoms with Crippen molar-refractivity contribution in [3.63, 3.8) is 0 Å². The number of para-hydroxylation sites is 1. The molecule has 1 fully saturated rings. The van der Waals surface area contributed by atoms with Gasteiger partial charge in [0.2, 0.25) is 0 Å². The molecule has 1 aliphatic rings. The topological polar surface area (TPSA) is 35.9 Å². The average molecular weight is 354 g/mol. The lowest BCUT2D eigenvalue weighted by Crippen LogP contribution is -2.53. The quantitative estimate of drug-likeness (QED) is 0.728. The van der Waals surface area contributed by atoms with E-state index in [0.717, 1.165) is 31.7 Å². The van der Waals surface area contributed by atoms with Gasteiger partial charge in [-0.1, -0.05) is 29.8 Å². The lowest BCUT2D eigenvalue weighted by Gasteiger charge is -2.41. The highest BCUT2D eigenvalue weighted by molar-refractivity contribution is 5.33. The second-order valence-electron chi connectivity index (χ2n) is 6.66. The van der Waals surface area contributed by atoms with E-state index in [1.807, 2.05) is 12.1 Å². The Morgan fingerprint density at radius 3 is 2.76 bits per heavy atom. The van der Waals surface area contributed by atoms with Crippen LogP contribution < -0.4 is 4.74 Å². The lowest BCUT2D eigenvalue weighted by atomic mass is 10.1. The second-order valence-corrected chi connectivity index (χ2v) is 6.66. The number of aliphatic hydroxyl groups excluding tert-OH is 1. The molecule has 140 valence electrons. The van der Waals surface area contributed by atoms with Crippen LogP contribution in [0.4, 0.5) is 8.78 Å². The summed E-state index contributed by atoms with van der Waals surface area (Å²) < 4.78 is 29.8. The number of rotatable bonds is 8. The molecule has 2 rings (SSSR count). The Labute approximate surface area is 148 Å². The number of hydrogen-bond acceptors (Lipinski definition) is 4. The monoisotopic (exact) mass is 354 g/mol. The summed E-state index contributed by atoms with van der Waals surface area (Å²) in [7, 11) is 0. The van der Waals surface area contributed by atoms with E-state index < -0.39 is 6.61 Å². The molecule has 0 aromatic heterocycles. The van der Waals surface area contributed by atoms with E-state index in [1.54, 1.807) is 12.1 Å². The Bertz CT molecular complexity index is 562. The maximum Gasteiger partial charge on any atom is 0.387 e. The predicted molar refractivity (Wildman–Crippen MR) is 94.8 cm³/mol. The summed E-state index contributed by atoms with van der Waals surface area (Å²) in [6.07, 6.45) is 2.91. The molecular formula is C19H28F2N2O2. The number of nitrogens with zero attached hydrogens (tertiary/aromatic N) is 2. The molecule has 4 nitrogen and oxygen atoms in total. The smallest absolute Gasteiger partial charge is 0.387 e. The minimum absolute atomic E-state index is 0.148. The van der Waals surface area contributed by atoms with Gasteiger partial charge in [0.1, 0.15) is 5.75 Å². The van der Waals surface area contributed by atoms with E-state index in [-0.39, 0.29) is 18.4 Å². The molecule has 1 unspecified atom stereocenters. The van der Waals surface area contributed by atoms with E-state index in [2.05, 4.69) is 34.5 Å². The number of aliphatic hydroxyl groups is 1. The van der Waals surface area contributed by atoms with Crippen molar-refractivity contribution >= 4 is 0 Å². The molecule has 0 aliphatic carbocycles. The van der Waals surface area contributed by atoms with Crippen LogP contribution in [-0.4, -0.2) is 60.3 Å².